The summed E-state index contributed by atoms with van der Waals surface area (Å²) in [6.45, 7) is 3.77. The highest BCUT2D eigenvalue weighted by molar-refractivity contribution is 5.76. The highest BCUT2D eigenvalue weighted by atomic mass is 19.4. The fraction of sp³-hybridized carbons (Fsp3) is 0.500. The van der Waals surface area contributed by atoms with Crippen molar-refractivity contribution in [3.63, 3.8) is 0 Å². The summed E-state index contributed by atoms with van der Waals surface area (Å²) in [5, 5.41) is 25.2. The first-order valence-electron chi connectivity index (χ1n) is 10.3. The van der Waals surface area contributed by atoms with Crippen LogP contribution in [0.25, 0.3) is 11.4 Å². The van der Waals surface area contributed by atoms with E-state index in [1.165, 1.54) is 6.33 Å². The molecule has 35 heavy (non-hydrogen) atoms. The molecule has 1 aromatic carbocycles. The van der Waals surface area contributed by atoms with Gasteiger partial charge in [-0.15, -0.1) is 20.4 Å². The molecule has 0 aliphatic carbocycles. The Kier molecular flexibility index (Phi) is 14.6. The number of aromatic nitrogens is 4. The van der Waals surface area contributed by atoms with Crippen LogP contribution in [0, 0.1) is 0 Å². The summed E-state index contributed by atoms with van der Waals surface area (Å²) in [6.07, 6.45) is -3.50. The van der Waals surface area contributed by atoms with Crippen molar-refractivity contribution >= 4 is 11.9 Å². The summed E-state index contributed by atoms with van der Waals surface area (Å²) in [5.41, 5.74) is 7.09. The minimum Gasteiger partial charge on any atom is -0.475 e. The number of amides is 1. The van der Waals surface area contributed by atoms with Crippen molar-refractivity contribution in [2.45, 2.75) is 19.1 Å². The first kappa shape index (κ1) is 29.8. The number of carboxylic acids is 1. The minimum atomic E-state index is -5.08. The summed E-state index contributed by atoms with van der Waals surface area (Å²) >= 11 is 0. The zero-order valence-electron chi connectivity index (χ0n) is 18.7. The van der Waals surface area contributed by atoms with Gasteiger partial charge in [0.05, 0.1) is 39.6 Å². The average Bonchev–Trinajstić information content (AvgIpc) is 2.84. The lowest BCUT2D eigenvalue weighted by molar-refractivity contribution is -0.192. The highest BCUT2D eigenvalue weighted by Crippen LogP contribution is 2.14. The number of halogens is 3. The predicted octanol–water partition coefficient (Wildman–Crippen LogP) is 0.582. The van der Waals surface area contributed by atoms with Crippen molar-refractivity contribution in [2.24, 2.45) is 5.73 Å². The number of benzene rings is 1. The molecule has 0 radical (unpaired) electrons. The van der Waals surface area contributed by atoms with Gasteiger partial charge >= 0.3 is 12.1 Å². The number of rotatable bonds is 14. The number of hydrogen-bond donors (Lipinski definition) is 3. The highest BCUT2D eigenvalue weighted by Gasteiger charge is 2.38. The maximum absolute atomic E-state index is 11.9. The second kappa shape index (κ2) is 17.2. The van der Waals surface area contributed by atoms with E-state index in [2.05, 4.69) is 25.7 Å². The number of carbonyl (C=O) groups is 2. The summed E-state index contributed by atoms with van der Waals surface area (Å²) in [7, 11) is 0. The molecule has 0 bridgehead atoms. The van der Waals surface area contributed by atoms with Crippen molar-refractivity contribution < 1.29 is 42.1 Å². The molecular weight excluding hydrogens is 477 g/mol. The first-order valence-corrected chi connectivity index (χ1v) is 10.3. The van der Waals surface area contributed by atoms with Crippen LogP contribution >= 0.6 is 0 Å². The Morgan fingerprint density at radius 2 is 1.43 bits per heavy atom. The molecule has 0 aliphatic heterocycles. The molecule has 12 nitrogen and oxygen atoms in total. The molecule has 1 amide bonds. The van der Waals surface area contributed by atoms with E-state index in [0.717, 1.165) is 11.1 Å². The Hall–Kier alpha value is -3.27. The Balaban J connectivity index is 0.000000762. The third-order valence-electron chi connectivity index (χ3n) is 3.83. The van der Waals surface area contributed by atoms with Gasteiger partial charge in [0.15, 0.2) is 6.33 Å². The zero-order chi connectivity index (χ0) is 25.9. The van der Waals surface area contributed by atoms with Gasteiger partial charge in [-0.2, -0.15) is 13.2 Å². The normalized spacial score (nSPS) is 10.9. The van der Waals surface area contributed by atoms with Crippen LogP contribution < -0.4 is 11.1 Å². The van der Waals surface area contributed by atoms with Crippen LogP contribution in [0.5, 0.6) is 0 Å². The third-order valence-corrected chi connectivity index (χ3v) is 3.83. The molecule has 4 N–H and O–H groups in total. The van der Waals surface area contributed by atoms with Gasteiger partial charge in [0.25, 0.3) is 0 Å². The van der Waals surface area contributed by atoms with E-state index >= 15 is 0 Å². The molecular formula is C20H27F3N6O6. The van der Waals surface area contributed by atoms with Crippen LogP contribution in [0.15, 0.2) is 30.6 Å². The molecule has 0 saturated heterocycles. The van der Waals surface area contributed by atoms with E-state index in [4.69, 9.17) is 29.8 Å². The van der Waals surface area contributed by atoms with Gasteiger partial charge < -0.3 is 30.4 Å². The smallest absolute Gasteiger partial charge is 0.475 e. The lowest BCUT2D eigenvalue weighted by Crippen LogP contribution is -2.24. The average molecular weight is 504 g/mol. The van der Waals surface area contributed by atoms with Gasteiger partial charge in [-0.3, -0.25) is 4.79 Å². The monoisotopic (exact) mass is 504 g/mol. The molecule has 0 fully saturated rings. The summed E-state index contributed by atoms with van der Waals surface area (Å²) in [4.78, 5) is 20.8. The molecule has 194 valence electrons. The molecule has 0 spiro atoms. The van der Waals surface area contributed by atoms with Crippen LogP contribution in [0.4, 0.5) is 13.2 Å². The lowest BCUT2D eigenvalue weighted by atomic mass is 10.1. The van der Waals surface area contributed by atoms with E-state index in [-0.39, 0.29) is 5.91 Å². The maximum Gasteiger partial charge on any atom is 0.490 e. The van der Waals surface area contributed by atoms with Gasteiger partial charge in [-0.05, 0) is 5.56 Å². The molecule has 2 rings (SSSR count). The topological polar surface area (TPSA) is 172 Å². The van der Waals surface area contributed by atoms with Crippen LogP contribution in [0.2, 0.25) is 0 Å². The van der Waals surface area contributed by atoms with Crippen LogP contribution in [-0.4, -0.2) is 89.7 Å². The van der Waals surface area contributed by atoms with E-state index in [9.17, 15) is 18.0 Å². The first-order chi connectivity index (χ1) is 16.7. The fourth-order valence-electron chi connectivity index (χ4n) is 2.17. The molecule has 2 aromatic rings. The van der Waals surface area contributed by atoms with E-state index in [1.807, 2.05) is 24.3 Å². The van der Waals surface area contributed by atoms with Crippen LogP contribution in [0.3, 0.4) is 0 Å². The van der Waals surface area contributed by atoms with Crippen molar-refractivity contribution in [3.05, 3.63) is 36.2 Å². The molecule has 1 aromatic heterocycles. The van der Waals surface area contributed by atoms with E-state index < -0.39 is 12.1 Å². The Morgan fingerprint density at radius 1 is 0.914 bits per heavy atom. The summed E-state index contributed by atoms with van der Waals surface area (Å²) in [5.74, 6) is -2.37. The molecule has 0 aliphatic rings. The number of nitrogens with two attached hydrogens (primary N) is 1. The number of nitrogens with zero attached hydrogens (tertiary/aromatic N) is 4. The van der Waals surface area contributed by atoms with Crippen LogP contribution in [0.1, 0.15) is 12.0 Å². The molecule has 0 atom stereocenters. The van der Waals surface area contributed by atoms with Crippen molar-refractivity contribution in [3.8, 4) is 11.4 Å². The number of alkyl halides is 3. The zero-order valence-corrected chi connectivity index (χ0v) is 18.7. The van der Waals surface area contributed by atoms with Gasteiger partial charge in [0.1, 0.15) is 0 Å². The van der Waals surface area contributed by atoms with Gasteiger partial charge in [0, 0.05) is 25.1 Å². The quantitative estimate of drug-likeness (QED) is 0.307. The Morgan fingerprint density at radius 3 is 1.94 bits per heavy atom. The summed E-state index contributed by atoms with van der Waals surface area (Å²) < 4.78 is 47.6. The second-order valence-electron chi connectivity index (χ2n) is 6.52. The van der Waals surface area contributed by atoms with Gasteiger partial charge in [-0.1, -0.05) is 24.3 Å². The number of nitrogens with one attached hydrogen (secondary N) is 1. The number of aliphatic carboxylic acids is 1. The number of hydrogen-bond acceptors (Lipinski definition) is 10. The largest absolute Gasteiger partial charge is 0.490 e. The number of carbonyl (C=O) groups excluding carboxylic acids is 1. The summed E-state index contributed by atoms with van der Waals surface area (Å²) in [6, 6.07) is 7.53. The third kappa shape index (κ3) is 14.6. The Labute approximate surface area is 199 Å². The van der Waals surface area contributed by atoms with E-state index in [1.54, 1.807) is 0 Å². The Bertz CT molecular complexity index is 859. The minimum absolute atomic E-state index is 0.0695. The van der Waals surface area contributed by atoms with Crippen molar-refractivity contribution in [2.75, 3.05) is 46.2 Å². The standard InChI is InChI=1S/C18H26N6O4.C2HF3O2/c19-6-8-27-10-12-28-11-9-26-7-5-17(25)20-13-15-1-3-16(4-2-15)18-23-21-14-22-24-18;3-2(4,5)1(6)7/h1-4,14H,5-13,19H2,(H,20,25);(H,6,7). The van der Waals surface area contributed by atoms with Crippen molar-refractivity contribution in [1.82, 2.24) is 25.7 Å². The van der Waals surface area contributed by atoms with Gasteiger partial charge in [0.2, 0.25) is 11.7 Å². The molecule has 0 saturated carbocycles. The van der Waals surface area contributed by atoms with Crippen molar-refractivity contribution in [1.29, 1.82) is 0 Å². The lowest BCUT2D eigenvalue weighted by Gasteiger charge is -2.08. The molecule has 0 unspecified atom stereocenters. The maximum atomic E-state index is 11.9. The fourth-order valence-corrected chi connectivity index (χ4v) is 2.17. The van der Waals surface area contributed by atoms with Crippen LogP contribution in [-0.2, 0) is 30.3 Å². The predicted molar refractivity (Wildman–Crippen MR) is 115 cm³/mol. The second-order valence-corrected chi connectivity index (χ2v) is 6.52. The molecule has 1 heterocycles. The SMILES string of the molecule is NCCOCCOCCOCCC(=O)NCc1ccc(-c2nncnn2)cc1.O=C(O)C(F)(F)F. The number of ether oxygens (including phenoxy) is 3. The van der Waals surface area contributed by atoms with Gasteiger partial charge in [-0.25, -0.2) is 4.79 Å². The molecule has 15 heteroatoms. The van der Waals surface area contributed by atoms with E-state index in [0.29, 0.717) is 65.0 Å². The number of carboxylic acid groups (broad SMARTS) is 1.